The molecule has 0 aromatic heterocycles. The van der Waals surface area contributed by atoms with Crippen molar-refractivity contribution < 1.29 is 9.59 Å². The number of hydrogen-bond acceptors (Lipinski definition) is 3. The van der Waals surface area contributed by atoms with Crippen LogP contribution in [0.4, 0.5) is 5.69 Å². The highest BCUT2D eigenvalue weighted by Crippen LogP contribution is 2.15. The van der Waals surface area contributed by atoms with E-state index in [2.05, 4.69) is 5.32 Å². The second-order valence-corrected chi connectivity index (χ2v) is 5.53. The quantitative estimate of drug-likeness (QED) is 0.744. The number of benzene rings is 2. The Morgan fingerprint density at radius 2 is 1.68 bits per heavy atom. The maximum absolute atomic E-state index is 12.6. The van der Waals surface area contributed by atoms with E-state index in [0.29, 0.717) is 24.2 Å². The number of nitrogens with one attached hydrogen (secondary N) is 1. The number of unbranched alkanes of at least 4 members (excludes halogenated alkanes) is 1. The summed E-state index contributed by atoms with van der Waals surface area (Å²) in [7, 11) is 1.72. The van der Waals surface area contributed by atoms with Gasteiger partial charge in [-0.05, 0) is 49.7 Å². The average molecular weight is 362 g/mol. The van der Waals surface area contributed by atoms with Crippen LogP contribution in [0.2, 0.25) is 0 Å². The van der Waals surface area contributed by atoms with Crippen LogP contribution in [0.25, 0.3) is 0 Å². The third kappa shape index (κ3) is 5.89. The fourth-order valence-electron chi connectivity index (χ4n) is 2.33. The van der Waals surface area contributed by atoms with Crippen LogP contribution in [0.5, 0.6) is 0 Å². The van der Waals surface area contributed by atoms with E-state index >= 15 is 0 Å². The molecule has 5 nitrogen and oxygen atoms in total. The fourth-order valence-corrected chi connectivity index (χ4v) is 2.33. The highest BCUT2D eigenvalue weighted by molar-refractivity contribution is 6.07. The number of nitrogens with two attached hydrogens (primary N) is 1. The molecule has 2 aromatic rings. The molecule has 0 saturated heterocycles. The van der Waals surface area contributed by atoms with E-state index in [1.54, 1.807) is 36.2 Å². The second-order valence-electron chi connectivity index (χ2n) is 5.53. The van der Waals surface area contributed by atoms with Crippen LogP contribution < -0.4 is 16.0 Å². The van der Waals surface area contributed by atoms with E-state index < -0.39 is 0 Å². The molecule has 0 unspecified atom stereocenters. The minimum Gasteiger partial charge on any atom is -0.352 e. The Labute approximate surface area is 154 Å². The summed E-state index contributed by atoms with van der Waals surface area (Å²) in [6, 6.07) is 16.2. The second kappa shape index (κ2) is 10.5. The monoisotopic (exact) mass is 361 g/mol. The van der Waals surface area contributed by atoms with Gasteiger partial charge >= 0.3 is 0 Å². The maximum atomic E-state index is 12.6. The molecule has 2 rings (SSSR count). The van der Waals surface area contributed by atoms with Gasteiger partial charge < -0.3 is 16.0 Å². The van der Waals surface area contributed by atoms with Crippen molar-refractivity contribution in [3.63, 3.8) is 0 Å². The summed E-state index contributed by atoms with van der Waals surface area (Å²) in [6.45, 7) is 1.20. The molecule has 0 bridgehead atoms. The van der Waals surface area contributed by atoms with E-state index in [4.69, 9.17) is 5.73 Å². The molecule has 0 aliphatic heterocycles. The summed E-state index contributed by atoms with van der Waals surface area (Å²) < 4.78 is 0. The van der Waals surface area contributed by atoms with Gasteiger partial charge in [-0.2, -0.15) is 0 Å². The van der Waals surface area contributed by atoms with Crippen LogP contribution in [0.15, 0.2) is 54.6 Å². The maximum Gasteiger partial charge on any atom is 0.258 e. The molecule has 0 spiro atoms. The summed E-state index contributed by atoms with van der Waals surface area (Å²) in [5.74, 6) is -0.331. The average Bonchev–Trinajstić information content (AvgIpc) is 2.64. The number of carbonyl (C=O) groups is 2. The van der Waals surface area contributed by atoms with Crippen molar-refractivity contribution in [2.75, 3.05) is 25.0 Å². The van der Waals surface area contributed by atoms with Gasteiger partial charge in [-0.3, -0.25) is 9.59 Å². The predicted octanol–water partition coefficient (Wildman–Crippen LogP) is 2.85. The van der Waals surface area contributed by atoms with Crippen molar-refractivity contribution in [3.05, 3.63) is 65.7 Å². The Kier molecular flexibility index (Phi) is 8.67. The van der Waals surface area contributed by atoms with Crippen LogP contribution in [0, 0.1) is 0 Å². The number of halogens is 1. The minimum atomic E-state index is -0.177. The van der Waals surface area contributed by atoms with Gasteiger partial charge in [-0.1, -0.05) is 24.3 Å². The molecule has 134 valence electrons. The summed E-state index contributed by atoms with van der Waals surface area (Å²) in [6.07, 6.45) is 1.72. The SMILES string of the molecule is CN(C(=O)c1cccc(C(=O)NCCCCN)c1)c1ccccc1.Cl. The van der Waals surface area contributed by atoms with Crippen molar-refractivity contribution >= 4 is 29.9 Å². The Balaban J connectivity index is 0.00000312. The smallest absolute Gasteiger partial charge is 0.258 e. The summed E-state index contributed by atoms with van der Waals surface area (Å²) in [4.78, 5) is 26.3. The van der Waals surface area contributed by atoms with E-state index in [1.807, 2.05) is 30.3 Å². The Morgan fingerprint density at radius 3 is 2.36 bits per heavy atom. The summed E-state index contributed by atoms with van der Waals surface area (Å²) >= 11 is 0. The third-order valence-electron chi connectivity index (χ3n) is 3.74. The van der Waals surface area contributed by atoms with Crippen molar-refractivity contribution in [3.8, 4) is 0 Å². The molecule has 3 N–H and O–H groups in total. The van der Waals surface area contributed by atoms with Gasteiger partial charge in [0.2, 0.25) is 0 Å². The van der Waals surface area contributed by atoms with Crippen LogP contribution in [0.1, 0.15) is 33.6 Å². The highest BCUT2D eigenvalue weighted by atomic mass is 35.5. The van der Waals surface area contributed by atoms with Gasteiger partial charge in [-0.25, -0.2) is 0 Å². The first-order chi connectivity index (χ1) is 11.6. The first-order valence-corrected chi connectivity index (χ1v) is 8.05. The Hall–Kier alpha value is -2.37. The minimum absolute atomic E-state index is 0. The molecule has 0 aliphatic rings. The van der Waals surface area contributed by atoms with Gasteiger partial charge in [0.15, 0.2) is 0 Å². The topological polar surface area (TPSA) is 75.4 Å². The molecule has 6 heteroatoms. The Bertz CT molecular complexity index is 692. The lowest BCUT2D eigenvalue weighted by atomic mass is 10.1. The zero-order chi connectivity index (χ0) is 17.4. The number of amides is 2. The van der Waals surface area contributed by atoms with Crippen molar-refractivity contribution in [1.29, 1.82) is 0 Å². The number of rotatable bonds is 7. The molecule has 0 aliphatic carbocycles. The van der Waals surface area contributed by atoms with E-state index in [-0.39, 0.29) is 24.2 Å². The standard InChI is InChI=1S/C19H23N3O2.ClH/c1-22(17-10-3-2-4-11-17)19(24)16-9-7-8-15(14-16)18(23)21-13-6-5-12-20;/h2-4,7-11,14H,5-6,12-13,20H2,1H3,(H,21,23);1H. The van der Waals surface area contributed by atoms with E-state index in [9.17, 15) is 9.59 Å². The molecule has 2 aromatic carbocycles. The normalized spacial score (nSPS) is 9.84. The fraction of sp³-hybridized carbons (Fsp3) is 0.263. The van der Waals surface area contributed by atoms with Gasteiger partial charge in [0.1, 0.15) is 0 Å². The largest absolute Gasteiger partial charge is 0.352 e. The first kappa shape index (κ1) is 20.7. The molecule has 0 atom stereocenters. The first-order valence-electron chi connectivity index (χ1n) is 8.05. The Morgan fingerprint density at radius 1 is 1.00 bits per heavy atom. The van der Waals surface area contributed by atoms with E-state index in [1.165, 1.54) is 0 Å². The number of para-hydroxylation sites is 1. The summed E-state index contributed by atoms with van der Waals surface area (Å²) in [5.41, 5.74) is 7.20. The highest BCUT2D eigenvalue weighted by Gasteiger charge is 2.15. The molecule has 2 amide bonds. The lowest BCUT2D eigenvalue weighted by Gasteiger charge is -2.17. The van der Waals surface area contributed by atoms with Crippen molar-refractivity contribution in [1.82, 2.24) is 5.32 Å². The van der Waals surface area contributed by atoms with Crippen molar-refractivity contribution in [2.45, 2.75) is 12.8 Å². The predicted molar refractivity (Wildman–Crippen MR) is 103 cm³/mol. The van der Waals surface area contributed by atoms with Crippen LogP contribution in [-0.4, -0.2) is 32.0 Å². The summed E-state index contributed by atoms with van der Waals surface area (Å²) in [5, 5.41) is 2.84. The van der Waals surface area contributed by atoms with Gasteiger partial charge in [-0.15, -0.1) is 12.4 Å². The molecule has 0 radical (unpaired) electrons. The molecule has 0 saturated carbocycles. The lowest BCUT2D eigenvalue weighted by molar-refractivity contribution is 0.0953. The third-order valence-corrected chi connectivity index (χ3v) is 3.74. The molecular formula is C19H24ClN3O2. The lowest BCUT2D eigenvalue weighted by Crippen LogP contribution is -2.28. The molecular weight excluding hydrogens is 338 g/mol. The van der Waals surface area contributed by atoms with Crippen LogP contribution >= 0.6 is 12.4 Å². The zero-order valence-electron chi connectivity index (χ0n) is 14.3. The number of carbonyl (C=O) groups excluding carboxylic acids is 2. The number of hydrogen-bond donors (Lipinski definition) is 2. The van der Waals surface area contributed by atoms with Gasteiger partial charge in [0.25, 0.3) is 11.8 Å². The van der Waals surface area contributed by atoms with Crippen molar-refractivity contribution in [2.24, 2.45) is 5.73 Å². The van der Waals surface area contributed by atoms with Crippen LogP contribution in [-0.2, 0) is 0 Å². The number of nitrogens with zero attached hydrogens (tertiary/aromatic N) is 1. The molecule has 25 heavy (non-hydrogen) atoms. The molecule has 0 heterocycles. The molecule has 0 fully saturated rings. The zero-order valence-corrected chi connectivity index (χ0v) is 15.1. The van der Waals surface area contributed by atoms with E-state index in [0.717, 1.165) is 18.5 Å². The van der Waals surface area contributed by atoms with Gasteiger partial charge in [0, 0.05) is 30.4 Å². The van der Waals surface area contributed by atoms with Crippen LogP contribution in [0.3, 0.4) is 0 Å². The number of anilines is 1. The van der Waals surface area contributed by atoms with Gasteiger partial charge in [0.05, 0.1) is 0 Å².